The first-order valence-corrected chi connectivity index (χ1v) is 8.61. The number of rotatable bonds is 4. The maximum absolute atomic E-state index is 12.4. The average Bonchev–Trinajstić information content (AvgIpc) is 2.72. The van der Waals surface area contributed by atoms with Crippen LogP contribution in [0.15, 0.2) is 61.1 Å². The third-order valence-corrected chi connectivity index (χ3v) is 4.49. The van der Waals surface area contributed by atoms with Crippen molar-refractivity contribution in [1.82, 2.24) is 20.3 Å². The fourth-order valence-electron chi connectivity index (χ4n) is 3.07. The number of nitrogens with zero attached hydrogens (tertiary/aromatic N) is 4. The smallest absolute Gasteiger partial charge is 0.270 e. The van der Waals surface area contributed by atoms with Crippen molar-refractivity contribution in [3.8, 4) is 0 Å². The van der Waals surface area contributed by atoms with Gasteiger partial charge in [-0.3, -0.25) is 9.78 Å². The van der Waals surface area contributed by atoms with E-state index in [2.05, 4.69) is 43.4 Å². The van der Waals surface area contributed by atoms with Gasteiger partial charge in [0, 0.05) is 38.2 Å². The number of hydrogen-bond donors (Lipinski definition) is 1. The Balaban J connectivity index is 1.46. The zero-order chi connectivity index (χ0) is 17.8. The lowest BCUT2D eigenvalue weighted by Gasteiger charge is -2.28. The molecule has 4 rings (SSSR count). The molecule has 0 aliphatic carbocycles. The lowest BCUT2D eigenvalue weighted by atomic mass is 10.0. The molecule has 1 aliphatic heterocycles. The molecule has 0 atom stereocenters. The molecule has 1 aromatic carbocycles. The quantitative estimate of drug-likeness (QED) is 0.786. The number of fused-ring (bicyclic) bond motifs is 1. The largest absolute Gasteiger partial charge is 0.347 e. The highest BCUT2D eigenvalue weighted by atomic mass is 16.1. The monoisotopic (exact) mass is 345 g/mol. The lowest BCUT2D eigenvalue weighted by Crippen LogP contribution is -2.32. The van der Waals surface area contributed by atoms with Crippen LogP contribution in [0.2, 0.25) is 0 Å². The van der Waals surface area contributed by atoms with Gasteiger partial charge in [-0.05, 0) is 41.3 Å². The zero-order valence-corrected chi connectivity index (χ0v) is 14.3. The number of pyridine rings is 1. The van der Waals surface area contributed by atoms with Gasteiger partial charge < -0.3 is 10.2 Å². The number of anilines is 1. The summed E-state index contributed by atoms with van der Waals surface area (Å²) in [5.74, 6) is 0.388. The van der Waals surface area contributed by atoms with Crippen molar-refractivity contribution < 1.29 is 4.79 Å². The molecule has 3 heterocycles. The van der Waals surface area contributed by atoms with Crippen LogP contribution in [-0.2, 0) is 19.5 Å². The topological polar surface area (TPSA) is 71.0 Å². The van der Waals surface area contributed by atoms with Crippen molar-refractivity contribution in [3.05, 3.63) is 83.4 Å². The van der Waals surface area contributed by atoms with Crippen molar-refractivity contribution >= 4 is 11.9 Å². The molecule has 0 spiro atoms. The highest BCUT2D eigenvalue weighted by Crippen LogP contribution is 2.21. The summed E-state index contributed by atoms with van der Waals surface area (Å²) in [7, 11) is 0. The normalized spacial score (nSPS) is 13.2. The standard InChI is InChI=1S/C20H19N5O/c26-19(23-13-15-5-9-21-10-6-15)18-7-11-22-20(24-18)25-12-8-16-3-1-2-4-17(16)14-25/h1-7,9-11H,8,12-14H2,(H,23,26). The Bertz CT molecular complexity index is 913. The summed E-state index contributed by atoms with van der Waals surface area (Å²) >= 11 is 0. The van der Waals surface area contributed by atoms with E-state index in [0.29, 0.717) is 18.2 Å². The number of carbonyl (C=O) groups excluding carboxylic acids is 1. The summed E-state index contributed by atoms with van der Waals surface area (Å²) < 4.78 is 0. The minimum absolute atomic E-state index is 0.206. The van der Waals surface area contributed by atoms with E-state index in [1.54, 1.807) is 24.7 Å². The van der Waals surface area contributed by atoms with Crippen molar-refractivity contribution in [3.63, 3.8) is 0 Å². The molecule has 0 bridgehead atoms. The first kappa shape index (κ1) is 16.2. The van der Waals surface area contributed by atoms with Gasteiger partial charge in [0.05, 0.1) is 0 Å². The molecule has 0 saturated heterocycles. The Hall–Kier alpha value is -3.28. The first-order valence-electron chi connectivity index (χ1n) is 8.61. The fourth-order valence-corrected chi connectivity index (χ4v) is 3.07. The Morgan fingerprint density at radius 2 is 1.85 bits per heavy atom. The second-order valence-corrected chi connectivity index (χ2v) is 6.22. The van der Waals surface area contributed by atoms with E-state index < -0.39 is 0 Å². The third kappa shape index (κ3) is 3.54. The highest BCUT2D eigenvalue weighted by molar-refractivity contribution is 5.92. The zero-order valence-electron chi connectivity index (χ0n) is 14.3. The van der Waals surface area contributed by atoms with Crippen LogP contribution in [0, 0.1) is 0 Å². The Morgan fingerprint density at radius 1 is 1.04 bits per heavy atom. The van der Waals surface area contributed by atoms with Crippen molar-refractivity contribution in [1.29, 1.82) is 0 Å². The second kappa shape index (κ2) is 7.31. The summed E-state index contributed by atoms with van der Waals surface area (Å²) in [5, 5.41) is 2.89. The van der Waals surface area contributed by atoms with Gasteiger partial charge in [0.2, 0.25) is 5.95 Å². The van der Waals surface area contributed by atoms with Crippen molar-refractivity contribution in [2.45, 2.75) is 19.5 Å². The molecular weight excluding hydrogens is 326 g/mol. The Kier molecular flexibility index (Phi) is 4.55. The molecular formula is C20H19N5O. The molecule has 3 aromatic rings. The Morgan fingerprint density at radius 3 is 2.69 bits per heavy atom. The molecule has 130 valence electrons. The first-order chi connectivity index (χ1) is 12.8. The predicted octanol–water partition coefficient (Wildman–Crippen LogP) is 2.36. The minimum atomic E-state index is -0.206. The van der Waals surface area contributed by atoms with Gasteiger partial charge in [-0.1, -0.05) is 24.3 Å². The van der Waals surface area contributed by atoms with Crippen LogP contribution in [-0.4, -0.2) is 27.4 Å². The van der Waals surface area contributed by atoms with Gasteiger partial charge in [0.1, 0.15) is 5.69 Å². The molecule has 1 N–H and O–H groups in total. The van der Waals surface area contributed by atoms with Gasteiger partial charge >= 0.3 is 0 Å². The highest BCUT2D eigenvalue weighted by Gasteiger charge is 2.19. The van der Waals surface area contributed by atoms with E-state index in [-0.39, 0.29) is 5.91 Å². The van der Waals surface area contributed by atoms with E-state index in [9.17, 15) is 4.79 Å². The number of carbonyl (C=O) groups is 1. The molecule has 2 aromatic heterocycles. The number of aromatic nitrogens is 3. The maximum Gasteiger partial charge on any atom is 0.270 e. The summed E-state index contributed by atoms with van der Waals surface area (Å²) in [6.07, 6.45) is 6.01. The molecule has 1 aliphatic rings. The summed E-state index contributed by atoms with van der Waals surface area (Å²) in [6.45, 7) is 2.05. The van der Waals surface area contributed by atoms with E-state index in [0.717, 1.165) is 25.1 Å². The van der Waals surface area contributed by atoms with Crippen LogP contribution in [0.25, 0.3) is 0 Å². The van der Waals surface area contributed by atoms with Crippen molar-refractivity contribution in [2.75, 3.05) is 11.4 Å². The molecule has 6 heteroatoms. The summed E-state index contributed by atoms with van der Waals surface area (Å²) in [4.78, 5) is 27.3. The van der Waals surface area contributed by atoms with Crippen LogP contribution < -0.4 is 10.2 Å². The van der Waals surface area contributed by atoms with E-state index in [1.165, 1.54) is 11.1 Å². The van der Waals surface area contributed by atoms with E-state index >= 15 is 0 Å². The molecule has 0 unspecified atom stereocenters. The molecule has 0 fully saturated rings. The second-order valence-electron chi connectivity index (χ2n) is 6.22. The van der Waals surface area contributed by atoms with Crippen LogP contribution in [0.1, 0.15) is 27.2 Å². The maximum atomic E-state index is 12.4. The summed E-state index contributed by atoms with van der Waals surface area (Å²) in [5.41, 5.74) is 4.03. The van der Waals surface area contributed by atoms with Gasteiger partial charge in [0.25, 0.3) is 5.91 Å². The average molecular weight is 345 g/mol. The molecule has 26 heavy (non-hydrogen) atoms. The molecule has 0 radical (unpaired) electrons. The van der Waals surface area contributed by atoms with Crippen LogP contribution >= 0.6 is 0 Å². The van der Waals surface area contributed by atoms with Gasteiger partial charge in [-0.25, -0.2) is 9.97 Å². The molecule has 6 nitrogen and oxygen atoms in total. The van der Waals surface area contributed by atoms with Crippen molar-refractivity contribution in [2.24, 2.45) is 0 Å². The summed E-state index contributed by atoms with van der Waals surface area (Å²) in [6, 6.07) is 13.8. The van der Waals surface area contributed by atoms with Crippen LogP contribution in [0.4, 0.5) is 5.95 Å². The van der Waals surface area contributed by atoms with Crippen LogP contribution in [0.3, 0.4) is 0 Å². The molecule has 0 saturated carbocycles. The Labute approximate surface area is 151 Å². The third-order valence-electron chi connectivity index (χ3n) is 4.49. The van der Waals surface area contributed by atoms with E-state index in [4.69, 9.17) is 0 Å². The fraction of sp³-hybridized carbons (Fsp3) is 0.200. The lowest BCUT2D eigenvalue weighted by molar-refractivity contribution is 0.0946. The number of benzene rings is 1. The predicted molar refractivity (Wildman–Crippen MR) is 98.6 cm³/mol. The minimum Gasteiger partial charge on any atom is -0.347 e. The van der Waals surface area contributed by atoms with E-state index in [1.807, 2.05) is 18.2 Å². The molecule has 1 amide bonds. The number of nitrogens with one attached hydrogen (secondary N) is 1. The number of amides is 1. The SMILES string of the molecule is O=C(NCc1ccncc1)c1ccnc(N2CCc3ccccc3C2)n1. The van der Waals surface area contributed by atoms with Gasteiger partial charge in [-0.2, -0.15) is 0 Å². The van der Waals surface area contributed by atoms with Crippen LogP contribution in [0.5, 0.6) is 0 Å². The van der Waals surface area contributed by atoms with Gasteiger partial charge in [-0.15, -0.1) is 0 Å². The van der Waals surface area contributed by atoms with Gasteiger partial charge in [0.15, 0.2) is 0 Å². The number of hydrogen-bond acceptors (Lipinski definition) is 5.